The molecule has 4 aromatic heterocycles. The second kappa shape index (κ2) is 13.7. The first-order valence-corrected chi connectivity index (χ1v) is 16.6. The zero-order valence-corrected chi connectivity index (χ0v) is 29.0. The smallest absolute Gasteiger partial charge is 0.232 e. The Bertz CT molecular complexity index is 1780. The van der Waals surface area contributed by atoms with E-state index in [1.807, 2.05) is 37.2 Å². The second-order valence-corrected chi connectivity index (χ2v) is 14.4. The van der Waals surface area contributed by atoms with Crippen molar-refractivity contribution in [3.63, 3.8) is 0 Å². The summed E-state index contributed by atoms with van der Waals surface area (Å²) in [5.74, 6) is 1.11. The first kappa shape index (κ1) is 33.3. The predicted molar refractivity (Wildman–Crippen MR) is 187 cm³/mol. The molecule has 0 bridgehead atoms. The van der Waals surface area contributed by atoms with Crippen molar-refractivity contribution in [2.75, 3.05) is 26.2 Å². The topological polar surface area (TPSA) is 115 Å². The van der Waals surface area contributed by atoms with E-state index in [0.717, 1.165) is 71.5 Å². The maximum absolute atomic E-state index is 14.1. The van der Waals surface area contributed by atoms with E-state index in [9.17, 15) is 4.79 Å². The first-order chi connectivity index (χ1) is 21.8. The van der Waals surface area contributed by atoms with Crippen LogP contribution < -0.4 is 5.32 Å². The van der Waals surface area contributed by atoms with Gasteiger partial charge in [-0.25, -0.2) is 9.97 Å². The lowest BCUT2D eigenvalue weighted by Crippen LogP contribution is -2.46. The number of carbonyl (C=O) groups excluding carboxylic acids is 1. The van der Waals surface area contributed by atoms with Gasteiger partial charge in [0.2, 0.25) is 11.6 Å². The van der Waals surface area contributed by atoms with Crippen molar-refractivity contribution >= 4 is 28.1 Å². The normalized spacial score (nSPS) is 12.9. The van der Waals surface area contributed by atoms with Crippen LogP contribution in [0.3, 0.4) is 0 Å². The van der Waals surface area contributed by atoms with Crippen LogP contribution >= 0.6 is 0 Å². The summed E-state index contributed by atoms with van der Waals surface area (Å²) in [4.78, 5) is 29.2. The molecule has 0 saturated heterocycles. The van der Waals surface area contributed by atoms with E-state index in [0.29, 0.717) is 17.5 Å². The Balaban J connectivity index is 1.46. The molecule has 9 heteroatoms. The third-order valence-corrected chi connectivity index (χ3v) is 8.68. The monoisotopic (exact) mass is 622 g/mol. The molecule has 0 aliphatic rings. The molecular formula is C37H50N8O. The minimum absolute atomic E-state index is 0.149. The minimum Gasteiger partial charge on any atom is -0.341 e. The molecule has 5 aromatic rings. The number of aromatic nitrogens is 6. The lowest BCUT2D eigenvalue weighted by molar-refractivity contribution is -0.137. The molecule has 0 aliphatic heterocycles. The Kier molecular flexibility index (Phi) is 9.91. The Morgan fingerprint density at radius 3 is 2.28 bits per heavy atom. The van der Waals surface area contributed by atoms with Crippen LogP contribution in [-0.2, 0) is 16.6 Å². The van der Waals surface area contributed by atoms with Crippen LogP contribution in [0.1, 0.15) is 82.2 Å². The number of aromatic amines is 2. The summed E-state index contributed by atoms with van der Waals surface area (Å²) in [5.41, 5.74) is 9.50. The van der Waals surface area contributed by atoms with Gasteiger partial charge in [0.15, 0.2) is 0 Å². The number of hydrogen-bond acceptors (Lipinski definition) is 6. The number of benzene rings is 1. The number of hydrogen-bond donors (Lipinski definition) is 3. The molecular weight excluding hydrogens is 572 g/mol. The highest BCUT2D eigenvalue weighted by atomic mass is 16.2. The van der Waals surface area contributed by atoms with Gasteiger partial charge in [-0.05, 0) is 105 Å². The molecule has 0 fully saturated rings. The molecule has 46 heavy (non-hydrogen) atoms. The lowest BCUT2D eigenvalue weighted by Gasteiger charge is -2.34. The van der Waals surface area contributed by atoms with E-state index in [-0.39, 0.29) is 11.8 Å². The highest BCUT2D eigenvalue weighted by Crippen LogP contribution is 2.38. The fourth-order valence-corrected chi connectivity index (χ4v) is 6.50. The molecule has 1 unspecified atom stereocenters. The maximum Gasteiger partial charge on any atom is 0.232 e. The van der Waals surface area contributed by atoms with Crippen molar-refractivity contribution in [3.05, 3.63) is 70.5 Å². The molecule has 1 atom stereocenters. The number of fused-ring (bicyclic) bond motifs is 2. The van der Waals surface area contributed by atoms with E-state index >= 15 is 0 Å². The summed E-state index contributed by atoms with van der Waals surface area (Å²) in [6.07, 6.45) is 4.59. The number of aryl methyl sites for hydroxylation is 2. The van der Waals surface area contributed by atoms with Gasteiger partial charge in [-0.15, -0.1) is 5.10 Å². The van der Waals surface area contributed by atoms with Crippen LogP contribution in [0, 0.1) is 25.7 Å². The molecule has 3 N–H and O–H groups in total. The van der Waals surface area contributed by atoms with Crippen LogP contribution in [0.5, 0.6) is 0 Å². The fourth-order valence-electron chi connectivity index (χ4n) is 6.50. The first-order valence-electron chi connectivity index (χ1n) is 16.6. The minimum atomic E-state index is -0.722. The van der Waals surface area contributed by atoms with Crippen molar-refractivity contribution in [3.8, 4) is 11.3 Å². The van der Waals surface area contributed by atoms with Crippen molar-refractivity contribution < 1.29 is 4.79 Å². The molecule has 9 nitrogen and oxygen atoms in total. The summed E-state index contributed by atoms with van der Waals surface area (Å²) in [5, 5.41) is 15.6. The van der Waals surface area contributed by atoms with Gasteiger partial charge in [-0.3, -0.25) is 4.79 Å². The SMILES string of the molecule is Cc1cc(C)cc(-c2[nH]c3ncc(C(C)(C)C(=O)N(CC(C)C)CC(C)C)cc3c2C(C)CNCCc2cnc3n[nH]nc3c2)c1. The quantitative estimate of drug-likeness (QED) is 0.124. The number of pyridine rings is 2. The molecule has 0 spiro atoms. The number of nitrogens with one attached hydrogen (secondary N) is 3. The predicted octanol–water partition coefficient (Wildman–Crippen LogP) is 6.87. The number of nitrogens with zero attached hydrogens (tertiary/aromatic N) is 5. The third-order valence-electron chi connectivity index (χ3n) is 8.68. The second-order valence-electron chi connectivity index (χ2n) is 14.4. The molecule has 4 heterocycles. The van der Waals surface area contributed by atoms with Gasteiger partial charge in [-0.1, -0.05) is 51.8 Å². The molecule has 0 aliphatic carbocycles. The zero-order chi connectivity index (χ0) is 33.2. The van der Waals surface area contributed by atoms with Crippen LogP contribution in [-0.4, -0.2) is 67.3 Å². The number of amides is 1. The van der Waals surface area contributed by atoms with Crippen LogP contribution in [0.2, 0.25) is 0 Å². The molecule has 0 saturated carbocycles. The maximum atomic E-state index is 14.1. The van der Waals surface area contributed by atoms with E-state index in [2.05, 4.69) is 103 Å². The molecule has 0 radical (unpaired) electrons. The van der Waals surface area contributed by atoms with Gasteiger partial charge in [0.25, 0.3) is 0 Å². The molecule has 244 valence electrons. The Hall–Kier alpha value is -4.11. The number of H-pyrrole nitrogens is 2. The van der Waals surface area contributed by atoms with Crippen LogP contribution in [0.4, 0.5) is 0 Å². The average molecular weight is 623 g/mol. The van der Waals surface area contributed by atoms with Gasteiger partial charge >= 0.3 is 0 Å². The number of carbonyl (C=O) groups is 1. The van der Waals surface area contributed by atoms with Crippen molar-refractivity contribution in [2.24, 2.45) is 11.8 Å². The third kappa shape index (κ3) is 7.30. The van der Waals surface area contributed by atoms with Gasteiger partial charge in [0.1, 0.15) is 11.2 Å². The molecule has 1 aromatic carbocycles. The fraction of sp³-hybridized carbons (Fsp3) is 0.486. The molecule has 5 rings (SSSR count). The van der Waals surface area contributed by atoms with Crippen LogP contribution in [0.15, 0.2) is 42.7 Å². The zero-order valence-electron chi connectivity index (χ0n) is 29.0. The summed E-state index contributed by atoms with van der Waals surface area (Å²) in [6, 6.07) is 10.9. The van der Waals surface area contributed by atoms with E-state index in [4.69, 9.17) is 4.98 Å². The highest BCUT2D eigenvalue weighted by Gasteiger charge is 2.35. The lowest BCUT2D eigenvalue weighted by atomic mass is 9.82. The van der Waals surface area contributed by atoms with Gasteiger partial charge in [-0.2, -0.15) is 10.3 Å². The van der Waals surface area contributed by atoms with Crippen molar-refractivity contribution in [1.29, 1.82) is 0 Å². The van der Waals surface area contributed by atoms with E-state index in [1.54, 1.807) is 0 Å². The summed E-state index contributed by atoms with van der Waals surface area (Å²) in [6.45, 7) is 22.4. The Morgan fingerprint density at radius 2 is 1.61 bits per heavy atom. The Labute approximate surface area is 273 Å². The largest absolute Gasteiger partial charge is 0.341 e. The van der Waals surface area contributed by atoms with Gasteiger partial charge < -0.3 is 15.2 Å². The van der Waals surface area contributed by atoms with Crippen LogP contribution in [0.25, 0.3) is 33.5 Å². The van der Waals surface area contributed by atoms with Gasteiger partial charge in [0, 0.05) is 37.4 Å². The Morgan fingerprint density at radius 1 is 0.913 bits per heavy atom. The highest BCUT2D eigenvalue weighted by molar-refractivity contribution is 5.92. The van der Waals surface area contributed by atoms with E-state index in [1.165, 1.54) is 16.7 Å². The summed E-state index contributed by atoms with van der Waals surface area (Å²) in [7, 11) is 0. The van der Waals surface area contributed by atoms with E-state index < -0.39 is 5.41 Å². The standard InChI is InChI=1S/C37H50N8O/c1-22(2)20-45(21-23(3)4)36(46)37(8,9)29-16-30-32(33(41-34(30)40-19-29)28-13-24(5)12-25(6)14-28)26(7)17-38-11-10-27-15-31-35(39-18-27)43-44-42-31/h12-16,18-19,22-23,26,38H,10-11,17,20-21H2,1-9H3,(H,40,41)(H,39,42,43,44). The molecule has 1 amide bonds. The van der Waals surface area contributed by atoms with Crippen molar-refractivity contribution in [2.45, 2.75) is 80.1 Å². The van der Waals surface area contributed by atoms with Gasteiger partial charge in [0.05, 0.1) is 11.1 Å². The summed E-state index contributed by atoms with van der Waals surface area (Å²) < 4.78 is 0. The average Bonchev–Trinajstić information content (AvgIpc) is 3.61. The summed E-state index contributed by atoms with van der Waals surface area (Å²) >= 11 is 0. The number of rotatable bonds is 13. The van der Waals surface area contributed by atoms with Crippen molar-refractivity contribution in [1.82, 2.24) is 40.6 Å².